The van der Waals surface area contributed by atoms with Crippen LogP contribution in [0.4, 0.5) is 18.0 Å². The SMILES string of the molecule is COC(=O)OC(c1ccccc1)C(F)(F)F. The van der Waals surface area contributed by atoms with Crippen LogP contribution in [0.1, 0.15) is 11.7 Å². The average Bonchev–Trinajstić information content (AvgIpc) is 2.25. The Morgan fingerprint density at radius 1 is 1.25 bits per heavy atom. The lowest BCUT2D eigenvalue weighted by Gasteiger charge is -2.19. The molecule has 1 rings (SSSR count). The van der Waals surface area contributed by atoms with Crippen molar-refractivity contribution in [2.75, 3.05) is 7.11 Å². The first-order chi connectivity index (χ1) is 7.45. The lowest BCUT2D eigenvalue weighted by molar-refractivity contribution is -0.211. The van der Waals surface area contributed by atoms with Crippen LogP contribution in [-0.4, -0.2) is 19.4 Å². The first kappa shape index (κ1) is 12.4. The lowest BCUT2D eigenvalue weighted by atomic mass is 10.1. The van der Waals surface area contributed by atoms with Crippen molar-refractivity contribution in [1.82, 2.24) is 0 Å². The molecule has 6 heteroatoms. The lowest BCUT2D eigenvalue weighted by Crippen LogP contribution is -2.26. The third kappa shape index (κ3) is 3.15. The van der Waals surface area contributed by atoms with Crippen LogP contribution < -0.4 is 0 Å². The van der Waals surface area contributed by atoms with E-state index in [2.05, 4.69) is 9.47 Å². The summed E-state index contributed by atoms with van der Waals surface area (Å²) in [7, 11) is 0.945. The minimum absolute atomic E-state index is 0.152. The van der Waals surface area contributed by atoms with Crippen molar-refractivity contribution in [3.63, 3.8) is 0 Å². The molecule has 0 amide bonds. The molecule has 0 radical (unpaired) electrons. The molecule has 0 saturated carbocycles. The summed E-state index contributed by atoms with van der Waals surface area (Å²) in [6, 6.07) is 6.86. The molecule has 0 spiro atoms. The summed E-state index contributed by atoms with van der Waals surface area (Å²) in [5.74, 6) is 0. The molecule has 0 heterocycles. The zero-order chi connectivity index (χ0) is 12.2. The standard InChI is InChI=1S/C10H9F3O3/c1-15-9(14)16-8(10(11,12)13)7-5-3-2-4-6-7/h2-6,8H,1H3. The van der Waals surface area contributed by atoms with Crippen LogP contribution >= 0.6 is 0 Å². The van der Waals surface area contributed by atoms with Crippen molar-refractivity contribution in [1.29, 1.82) is 0 Å². The zero-order valence-electron chi connectivity index (χ0n) is 8.32. The maximum atomic E-state index is 12.6. The monoisotopic (exact) mass is 234 g/mol. The second-order valence-corrected chi connectivity index (χ2v) is 2.90. The molecule has 1 unspecified atom stereocenters. The highest BCUT2D eigenvalue weighted by molar-refractivity contribution is 5.60. The fourth-order valence-electron chi connectivity index (χ4n) is 1.10. The summed E-state index contributed by atoms with van der Waals surface area (Å²) >= 11 is 0. The number of alkyl halides is 3. The summed E-state index contributed by atoms with van der Waals surface area (Å²) in [5.41, 5.74) is -0.152. The predicted octanol–water partition coefficient (Wildman–Crippen LogP) is 3.07. The van der Waals surface area contributed by atoms with Crippen molar-refractivity contribution < 1.29 is 27.4 Å². The second kappa shape index (κ2) is 4.87. The number of rotatable bonds is 2. The van der Waals surface area contributed by atoms with E-state index in [1.807, 2.05) is 0 Å². The van der Waals surface area contributed by atoms with Crippen molar-refractivity contribution in [2.24, 2.45) is 0 Å². The summed E-state index contributed by atoms with van der Waals surface area (Å²) in [5, 5.41) is 0. The molecule has 3 nitrogen and oxygen atoms in total. The molecule has 0 aromatic heterocycles. The van der Waals surface area contributed by atoms with E-state index in [1.54, 1.807) is 6.07 Å². The Bertz CT molecular complexity index is 348. The molecule has 1 aromatic rings. The first-order valence-corrected chi connectivity index (χ1v) is 4.31. The molecule has 1 aromatic carbocycles. The highest BCUT2D eigenvalue weighted by Gasteiger charge is 2.44. The molecule has 88 valence electrons. The van der Waals surface area contributed by atoms with Gasteiger partial charge in [-0.2, -0.15) is 13.2 Å². The van der Waals surface area contributed by atoms with Gasteiger partial charge in [-0.05, 0) is 0 Å². The smallest absolute Gasteiger partial charge is 0.438 e. The highest BCUT2D eigenvalue weighted by atomic mass is 19.4. The third-order valence-electron chi connectivity index (χ3n) is 1.78. The molecular formula is C10H9F3O3. The van der Waals surface area contributed by atoms with E-state index in [1.165, 1.54) is 24.3 Å². The highest BCUT2D eigenvalue weighted by Crippen LogP contribution is 2.35. The molecule has 0 aliphatic rings. The van der Waals surface area contributed by atoms with E-state index in [4.69, 9.17) is 0 Å². The fraction of sp³-hybridized carbons (Fsp3) is 0.300. The maximum Gasteiger partial charge on any atom is 0.508 e. The van der Waals surface area contributed by atoms with Crippen molar-refractivity contribution in [3.8, 4) is 0 Å². The van der Waals surface area contributed by atoms with Crippen LogP contribution in [0.15, 0.2) is 30.3 Å². The fourth-order valence-corrected chi connectivity index (χ4v) is 1.10. The van der Waals surface area contributed by atoms with E-state index in [0.717, 1.165) is 7.11 Å². The largest absolute Gasteiger partial charge is 0.508 e. The van der Waals surface area contributed by atoms with Gasteiger partial charge in [-0.1, -0.05) is 30.3 Å². The molecule has 0 aliphatic carbocycles. The number of benzene rings is 1. The summed E-state index contributed by atoms with van der Waals surface area (Å²) < 4.78 is 45.9. The molecular weight excluding hydrogens is 225 g/mol. The van der Waals surface area contributed by atoms with Crippen molar-refractivity contribution >= 4 is 6.16 Å². The second-order valence-electron chi connectivity index (χ2n) is 2.90. The number of carbonyl (C=O) groups excluding carboxylic acids is 1. The molecule has 0 N–H and O–H groups in total. The van der Waals surface area contributed by atoms with Crippen LogP contribution in [0, 0.1) is 0 Å². The Balaban J connectivity index is 2.93. The van der Waals surface area contributed by atoms with Crippen molar-refractivity contribution in [3.05, 3.63) is 35.9 Å². The minimum atomic E-state index is -4.67. The average molecular weight is 234 g/mol. The van der Waals surface area contributed by atoms with E-state index >= 15 is 0 Å². The Hall–Kier alpha value is -1.72. The van der Waals surface area contributed by atoms with Crippen LogP contribution in [0.3, 0.4) is 0 Å². The van der Waals surface area contributed by atoms with E-state index in [0.29, 0.717) is 0 Å². The van der Waals surface area contributed by atoms with Gasteiger partial charge in [0.25, 0.3) is 0 Å². The van der Waals surface area contributed by atoms with Gasteiger partial charge in [-0.25, -0.2) is 4.79 Å². The van der Waals surface area contributed by atoms with Crippen LogP contribution in [0.5, 0.6) is 0 Å². The van der Waals surface area contributed by atoms with Gasteiger partial charge in [0, 0.05) is 5.56 Å². The number of hydrogen-bond acceptors (Lipinski definition) is 3. The van der Waals surface area contributed by atoms with E-state index < -0.39 is 18.4 Å². The summed E-state index contributed by atoms with van der Waals surface area (Å²) in [6.07, 6.45) is -8.34. The van der Waals surface area contributed by atoms with Crippen LogP contribution in [0.2, 0.25) is 0 Å². The zero-order valence-corrected chi connectivity index (χ0v) is 8.32. The van der Waals surface area contributed by atoms with Gasteiger partial charge in [-0.15, -0.1) is 0 Å². The number of methoxy groups -OCH3 is 1. The first-order valence-electron chi connectivity index (χ1n) is 4.31. The number of hydrogen-bond donors (Lipinski definition) is 0. The summed E-state index contributed by atoms with van der Waals surface area (Å²) in [4.78, 5) is 10.7. The van der Waals surface area contributed by atoms with Gasteiger partial charge in [0.05, 0.1) is 7.11 Å². The summed E-state index contributed by atoms with van der Waals surface area (Å²) in [6.45, 7) is 0. The quantitative estimate of drug-likeness (QED) is 0.737. The van der Waals surface area contributed by atoms with Gasteiger partial charge in [-0.3, -0.25) is 0 Å². The molecule has 0 aliphatic heterocycles. The Morgan fingerprint density at radius 3 is 2.25 bits per heavy atom. The normalized spacial score (nSPS) is 13.0. The van der Waals surface area contributed by atoms with Gasteiger partial charge in [0.1, 0.15) is 0 Å². The Kier molecular flexibility index (Phi) is 3.76. The number of halogens is 3. The number of carbonyl (C=O) groups is 1. The molecule has 0 fully saturated rings. The van der Waals surface area contributed by atoms with Gasteiger partial charge >= 0.3 is 12.3 Å². The van der Waals surface area contributed by atoms with Gasteiger partial charge < -0.3 is 9.47 Å². The predicted molar refractivity (Wildman–Crippen MR) is 48.7 cm³/mol. The molecule has 16 heavy (non-hydrogen) atoms. The Labute approximate surface area is 89.8 Å². The topological polar surface area (TPSA) is 35.5 Å². The molecule has 0 bridgehead atoms. The van der Waals surface area contributed by atoms with E-state index in [-0.39, 0.29) is 5.56 Å². The maximum absolute atomic E-state index is 12.6. The molecule has 0 saturated heterocycles. The Morgan fingerprint density at radius 2 is 1.81 bits per heavy atom. The molecule has 1 atom stereocenters. The van der Waals surface area contributed by atoms with Crippen molar-refractivity contribution in [2.45, 2.75) is 12.3 Å². The van der Waals surface area contributed by atoms with Crippen LogP contribution in [-0.2, 0) is 9.47 Å². The number of ether oxygens (including phenoxy) is 2. The van der Waals surface area contributed by atoms with E-state index in [9.17, 15) is 18.0 Å². The third-order valence-corrected chi connectivity index (χ3v) is 1.78. The van der Waals surface area contributed by atoms with Gasteiger partial charge in [0.2, 0.25) is 6.10 Å². The minimum Gasteiger partial charge on any atom is -0.438 e. The van der Waals surface area contributed by atoms with Gasteiger partial charge in [0.15, 0.2) is 0 Å². The van der Waals surface area contributed by atoms with Crippen LogP contribution in [0.25, 0.3) is 0 Å².